The molecule has 1 aromatic carbocycles. The van der Waals surface area contributed by atoms with Gasteiger partial charge in [0.1, 0.15) is 0 Å². The van der Waals surface area contributed by atoms with Gasteiger partial charge in [0.25, 0.3) is 0 Å². The van der Waals surface area contributed by atoms with Crippen LogP contribution in [-0.4, -0.2) is 22.3 Å². The van der Waals surface area contributed by atoms with Crippen molar-refractivity contribution in [1.82, 2.24) is 0 Å². The van der Waals surface area contributed by atoms with E-state index in [4.69, 9.17) is 5.11 Å². The highest BCUT2D eigenvalue weighted by Gasteiger charge is 2.24. The summed E-state index contributed by atoms with van der Waals surface area (Å²) in [6.07, 6.45) is 0.549. The predicted molar refractivity (Wildman–Crippen MR) is 57.5 cm³/mol. The van der Waals surface area contributed by atoms with Crippen LogP contribution in [0.2, 0.25) is 0 Å². The molecular formula is C12H14O3. The van der Waals surface area contributed by atoms with Crippen LogP contribution < -0.4 is 0 Å². The van der Waals surface area contributed by atoms with Crippen LogP contribution in [0.3, 0.4) is 0 Å². The summed E-state index contributed by atoms with van der Waals surface area (Å²) in [5.74, 6) is -1.84. The van der Waals surface area contributed by atoms with Gasteiger partial charge in [-0.3, -0.25) is 4.79 Å². The standard InChI is InChI=1S/C12H14O3/c1-2-11(13)10(12(14)15)8-9-6-4-3-5-7-9/h2-7,10-11,13H,1,8H2,(H,14,15)/t10-,11+/m0/s1. The monoisotopic (exact) mass is 206 g/mol. The van der Waals surface area contributed by atoms with E-state index in [1.807, 2.05) is 30.3 Å². The van der Waals surface area contributed by atoms with Crippen molar-refractivity contribution in [3.63, 3.8) is 0 Å². The van der Waals surface area contributed by atoms with Crippen LogP contribution in [-0.2, 0) is 11.2 Å². The second-order valence-corrected chi connectivity index (χ2v) is 3.36. The topological polar surface area (TPSA) is 57.5 Å². The van der Waals surface area contributed by atoms with E-state index in [-0.39, 0.29) is 0 Å². The SMILES string of the molecule is C=C[C@@H](O)[C@H](Cc1ccccc1)C(=O)O. The van der Waals surface area contributed by atoms with Gasteiger partial charge in [0.15, 0.2) is 0 Å². The lowest BCUT2D eigenvalue weighted by Gasteiger charge is -2.15. The molecule has 0 heterocycles. The lowest BCUT2D eigenvalue weighted by molar-refractivity contribution is -0.144. The van der Waals surface area contributed by atoms with E-state index in [2.05, 4.69) is 6.58 Å². The zero-order valence-electron chi connectivity index (χ0n) is 8.34. The molecular weight excluding hydrogens is 192 g/mol. The molecule has 0 amide bonds. The average Bonchev–Trinajstić information content (AvgIpc) is 2.26. The fraction of sp³-hybridized carbons (Fsp3) is 0.250. The van der Waals surface area contributed by atoms with E-state index < -0.39 is 18.0 Å². The van der Waals surface area contributed by atoms with Crippen LogP contribution in [0.25, 0.3) is 0 Å². The van der Waals surface area contributed by atoms with Crippen LogP contribution in [0.4, 0.5) is 0 Å². The largest absolute Gasteiger partial charge is 0.481 e. The number of hydrogen-bond donors (Lipinski definition) is 2. The summed E-state index contributed by atoms with van der Waals surface area (Å²) >= 11 is 0. The first-order valence-electron chi connectivity index (χ1n) is 4.72. The molecule has 0 saturated heterocycles. The summed E-state index contributed by atoms with van der Waals surface area (Å²) < 4.78 is 0. The molecule has 0 radical (unpaired) electrons. The van der Waals surface area contributed by atoms with Gasteiger partial charge in [-0.15, -0.1) is 6.58 Å². The molecule has 3 heteroatoms. The molecule has 0 aromatic heterocycles. The summed E-state index contributed by atoms with van der Waals surface area (Å²) in [6, 6.07) is 9.23. The highest BCUT2D eigenvalue weighted by atomic mass is 16.4. The van der Waals surface area contributed by atoms with Gasteiger partial charge in [-0.1, -0.05) is 36.4 Å². The second kappa shape index (κ2) is 5.32. The van der Waals surface area contributed by atoms with Crippen LogP contribution in [0.1, 0.15) is 5.56 Å². The van der Waals surface area contributed by atoms with Crippen molar-refractivity contribution < 1.29 is 15.0 Å². The van der Waals surface area contributed by atoms with Crippen molar-refractivity contribution in [2.24, 2.45) is 5.92 Å². The number of benzene rings is 1. The Morgan fingerprint density at radius 1 is 1.40 bits per heavy atom. The molecule has 2 N–H and O–H groups in total. The Balaban J connectivity index is 2.76. The minimum Gasteiger partial charge on any atom is -0.481 e. The van der Waals surface area contributed by atoms with Gasteiger partial charge in [0, 0.05) is 0 Å². The molecule has 0 fully saturated rings. The average molecular weight is 206 g/mol. The van der Waals surface area contributed by atoms with Crippen molar-refractivity contribution in [3.8, 4) is 0 Å². The summed E-state index contributed by atoms with van der Waals surface area (Å²) in [7, 11) is 0. The van der Waals surface area contributed by atoms with Crippen molar-refractivity contribution in [3.05, 3.63) is 48.6 Å². The Kier molecular flexibility index (Phi) is 4.06. The number of aliphatic hydroxyl groups excluding tert-OH is 1. The highest BCUT2D eigenvalue weighted by molar-refractivity contribution is 5.71. The molecule has 0 spiro atoms. The number of hydrogen-bond acceptors (Lipinski definition) is 2. The number of carboxylic acids is 1. The van der Waals surface area contributed by atoms with Crippen LogP contribution in [0.15, 0.2) is 43.0 Å². The maximum absolute atomic E-state index is 10.9. The summed E-state index contributed by atoms with van der Waals surface area (Å²) in [5, 5.41) is 18.4. The van der Waals surface area contributed by atoms with Crippen molar-refractivity contribution in [2.45, 2.75) is 12.5 Å². The molecule has 1 rings (SSSR count). The molecule has 0 aliphatic rings. The highest BCUT2D eigenvalue weighted by Crippen LogP contribution is 2.13. The van der Waals surface area contributed by atoms with Crippen LogP contribution >= 0.6 is 0 Å². The fourth-order valence-corrected chi connectivity index (χ4v) is 1.39. The fourth-order valence-electron chi connectivity index (χ4n) is 1.39. The lowest BCUT2D eigenvalue weighted by atomic mass is 9.94. The molecule has 15 heavy (non-hydrogen) atoms. The molecule has 0 aliphatic heterocycles. The molecule has 1 aromatic rings. The Morgan fingerprint density at radius 3 is 2.47 bits per heavy atom. The summed E-state index contributed by atoms with van der Waals surface area (Å²) in [4.78, 5) is 10.9. The first kappa shape index (κ1) is 11.5. The normalized spacial score (nSPS) is 14.2. The van der Waals surface area contributed by atoms with E-state index >= 15 is 0 Å². The van der Waals surface area contributed by atoms with Gasteiger partial charge in [-0.2, -0.15) is 0 Å². The Hall–Kier alpha value is -1.61. The molecule has 3 nitrogen and oxygen atoms in total. The molecule has 0 saturated carbocycles. The van der Waals surface area contributed by atoms with Gasteiger partial charge in [-0.05, 0) is 12.0 Å². The minimum absolute atomic E-state index is 0.309. The number of carboxylic acid groups (broad SMARTS) is 1. The van der Waals surface area contributed by atoms with Gasteiger partial charge < -0.3 is 10.2 Å². The Morgan fingerprint density at radius 2 is 2.00 bits per heavy atom. The van der Waals surface area contributed by atoms with Gasteiger partial charge in [0.05, 0.1) is 12.0 Å². The molecule has 0 aliphatic carbocycles. The van der Waals surface area contributed by atoms with E-state index in [0.717, 1.165) is 5.56 Å². The molecule has 80 valence electrons. The summed E-state index contributed by atoms with van der Waals surface area (Å²) in [5.41, 5.74) is 0.894. The third kappa shape index (κ3) is 3.22. The zero-order chi connectivity index (χ0) is 11.3. The smallest absolute Gasteiger partial charge is 0.309 e. The number of aliphatic hydroxyl groups is 1. The quantitative estimate of drug-likeness (QED) is 0.717. The Bertz CT molecular complexity index is 332. The molecule has 0 bridgehead atoms. The molecule has 2 atom stereocenters. The third-order valence-electron chi connectivity index (χ3n) is 2.27. The first-order valence-corrected chi connectivity index (χ1v) is 4.72. The van der Waals surface area contributed by atoms with E-state index in [1.54, 1.807) is 0 Å². The number of carbonyl (C=O) groups is 1. The van der Waals surface area contributed by atoms with E-state index in [9.17, 15) is 9.90 Å². The van der Waals surface area contributed by atoms with E-state index in [0.29, 0.717) is 6.42 Å². The summed E-state index contributed by atoms with van der Waals surface area (Å²) in [6.45, 7) is 3.39. The first-order chi connectivity index (χ1) is 7.15. The van der Waals surface area contributed by atoms with E-state index in [1.165, 1.54) is 6.08 Å². The Labute approximate surface area is 88.7 Å². The van der Waals surface area contributed by atoms with Gasteiger partial charge in [-0.25, -0.2) is 0 Å². The lowest BCUT2D eigenvalue weighted by Crippen LogP contribution is -2.28. The van der Waals surface area contributed by atoms with Crippen molar-refractivity contribution in [2.75, 3.05) is 0 Å². The van der Waals surface area contributed by atoms with Crippen LogP contribution in [0.5, 0.6) is 0 Å². The zero-order valence-corrected chi connectivity index (χ0v) is 8.34. The second-order valence-electron chi connectivity index (χ2n) is 3.36. The van der Waals surface area contributed by atoms with Gasteiger partial charge in [0.2, 0.25) is 0 Å². The van der Waals surface area contributed by atoms with Crippen molar-refractivity contribution in [1.29, 1.82) is 0 Å². The minimum atomic E-state index is -1.01. The van der Waals surface area contributed by atoms with Gasteiger partial charge >= 0.3 is 5.97 Å². The molecule has 0 unspecified atom stereocenters. The predicted octanol–water partition coefficient (Wildman–Crippen LogP) is 1.48. The maximum Gasteiger partial charge on any atom is 0.309 e. The maximum atomic E-state index is 10.9. The van der Waals surface area contributed by atoms with Crippen LogP contribution in [0, 0.1) is 5.92 Å². The number of aliphatic carboxylic acids is 1. The van der Waals surface area contributed by atoms with Crippen molar-refractivity contribution >= 4 is 5.97 Å². The number of rotatable bonds is 5. The third-order valence-corrected chi connectivity index (χ3v) is 2.27.